The monoisotopic (exact) mass is 495 g/mol. The van der Waals surface area contributed by atoms with Crippen LogP contribution in [0, 0.1) is 11.3 Å². The normalized spacial score (nSPS) is 11.0. The lowest BCUT2D eigenvalue weighted by molar-refractivity contribution is 0.103. The number of anilines is 3. The second-order valence-electron chi connectivity index (χ2n) is 7.74. The van der Waals surface area contributed by atoms with E-state index in [1.165, 1.54) is 0 Å². The summed E-state index contributed by atoms with van der Waals surface area (Å²) in [6.07, 6.45) is 0. The molecule has 1 amide bonds. The summed E-state index contributed by atoms with van der Waals surface area (Å²) < 4.78 is 0. The molecule has 0 aliphatic rings. The molecule has 0 fully saturated rings. The maximum atomic E-state index is 13.0. The summed E-state index contributed by atoms with van der Waals surface area (Å²) in [6, 6.07) is 14.8. The zero-order valence-electron chi connectivity index (χ0n) is 17.7. The Labute approximate surface area is 204 Å². The first kappa shape index (κ1) is 22.9. The highest BCUT2D eigenvalue weighted by Crippen LogP contribution is 2.43. The zero-order valence-corrected chi connectivity index (χ0v) is 20.1. The second kappa shape index (κ2) is 8.91. The Balaban J connectivity index is 1.86. The van der Waals surface area contributed by atoms with E-state index in [0.717, 1.165) is 22.5 Å². The van der Waals surface area contributed by atoms with Crippen molar-refractivity contribution in [2.75, 3.05) is 16.8 Å². The molecule has 0 atom stereocenters. The Morgan fingerprint density at radius 1 is 1.12 bits per heavy atom. The number of hydrogen-bond donors (Lipinski definition) is 3. The Bertz CT molecular complexity index is 1440. The van der Waals surface area contributed by atoms with E-state index in [1.54, 1.807) is 18.2 Å². The van der Waals surface area contributed by atoms with E-state index in [0.29, 0.717) is 37.4 Å². The topological polar surface area (TPSA) is 118 Å². The molecular formula is C24H19Cl2N5OS. The van der Waals surface area contributed by atoms with Gasteiger partial charge in [0, 0.05) is 16.6 Å². The van der Waals surface area contributed by atoms with E-state index in [4.69, 9.17) is 34.7 Å². The Hall–Kier alpha value is -3.31. The van der Waals surface area contributed by atoms with E-state index in [2.05, 4.69) is 30.2 Å². The van der Waals surface area contributed by atoms with Crippen molar-refractivity contribution >= 4 is 67.9 Å². The van der Waals surface area contributed by atoms with Gasteiger partial charge in [-0.05, 0) is 35.2 Å². The number of aromatic nitrogens is 1. The fraction of sp³-hybridized carbons (Fsp3) is 0.125. The van der Waals surface area contributed by atoms with Gasteiger partial charge in [-0.15, -0.1) is 11.3 Å². The predicted octanol–water partition coefficient (Wildman–Crippen LogP) is 6.68. The van der Waals surface area contributed by atoms with E-state index in [1.807, 2.05) is 24.3 Å². The van der Waals surface area contributed by atoms with Crippen LogP contribution in [0.5, 0.6) is 0 Å². The van der Waals surface area contributed by atoms with Gasteiger partial charge in [0.2, 0.25) is 0 Å². The minimum atomic E-state index is -0.424. The van der Waals surface area contributed by atoms with Crippen molar-refractivity contribution < 1.29 is 4.79 Å². The Morgan fingerprint density at radius 2 is 1.82 bits per heavy atom. The van der Waals surface area contributed by atoms with Gasteiger partial charge in [-0.2, -0.15) is 5.26 Å². The number of nitrogens with two attached hydrogens (primary N) is 2. The molecule has 33 heavy (non-hydrogen) atoms. The molecule has 9 heteroatoms. The van der Waals surface area contributed by atoms with Crippen molar-refractivity contribution in [3.05, 3.63) is 68.5 Å². The van der Waals surface area contributed by atoms with Gasteiger partial charge < -0.3 is 16.8 Å². The highest BCUT2D eigenvalue weighted by atomic mass is 35.5. The van der Waals surface area contributed by atoms with Crippen LogP contribution >= 0.6 is 34.5 Å². The highest BCUT2D eigenvalue weighted by molar-refractivity contribution is 7.21. The smallest absolute Gasteiger partial charge is 0.267 e. The first-order valence-corrected chi connectivity index (χ1v) is 11.6. The van der Waals surface area contributed by atoms with Crippen molar-refractivity contribution in [2.45, 2.75) is 19.8 Å². The third-order valence-corrected chi connectivity index (χ3v) is 7.10. The SMILES string of the molecule is CC(C)c1ccc(-c2c(C#N)c(N)nc3sc(C(=O)Nc4ccc(Cl)c(Cl)c4)c(N)c23)cc1. The van der Waals surface area contributed by atoms with E-state index >= 15 is 0 Å². The summed E-state index contributed by atoms with van der Waals surface area (Å²) in [5, 5.41) is 13.8. The number of amides is 1. The summed E-state index contributed by atoms with van der Waals surface area (Å²) in [4.78, 5) is 18.1. The van der Waals surface area contributed by atoms with Gasteiger partial charge in [-0.1, -0.05) is 61.3 Å². The maximum absolute atomic E-state index is 13.0. The number of halogens is 2. The number of thiophene rings is 1. The molecule has 0 radical (unpaired) electrons. The van der Waals surface area contributed by atoms with Gasteiger partial charge >= 0.3 is 0 Å². The van der Waals surface area contributed by atoms with Crippen molar-refractivity contribution in [1.29, 1.82) is 5.26 Å². The van der Waals surface area contributed by atoms with Crippen LogP contribution in [-0.4, -0.2) is 10.9 Å². The van der Waals surface area contributed by atoms with Gasteiger partial charge in [-0.25, -0.2) is 4.98 Å². The van der Waals surface area contributed by atoms with Crippen LogP contribution in [0.3, 0.4) is 0 Å². The predicted molar refractivity (Wildman–Crippen MR) is 137 cm³/mol. The average molecular weight is 496 g/mol. The number of nitriles is 1. The number of rotatable bonds is 4. The quantitative estimate of drug-likeness (QED) is 0.291. The minimum Gasteiger partial charge on any atom is -0.397 e. The van der Waals surface area contributed by atoms with Crippen LogP contribution in [0.4, 0.5) is 17.2 Å². The molecule has 4 rings (SSSR count). The first-order valence-electron chi connectivity index (χ1n) is 9.99. The largest absolute Gasteiger partial charge is 0.397 e. The van der Waals surface area contributed by atoms with Gasteiger partial charge in [0.25, 0.3) is 5.91 Å². The van der Waals surface area contributed by atoms with Gasteiger partial charge in [-0.3, -0.25) is 4.79 Å². The summed E-state index contributed by atoms with van der Waals surface area (Å²) in [7, 11) is 0. The number of hydrogen-bond acceptors (Lipinski definition) is 6. The van der Waals surface area contributed by atoms with Crippen LogP contribution in [0.2, 0.25) is 10.0 Å². The van der Waals surface area contributed by atoms with Crippen LogP contribution in [0.15, 0.2) is 42.5 Å². The molecule has 5 N–H and O–H groups in total. The average Bonchev–Trinajstić information content (AvgIpc) is 3.11. The van der Waals surface area contributed by atoms with Crippen LogP contribution < -0.4 is 16.8 Å². The molecule has 0 unspecified atom stereocenters. The van der Waals surface area contributed by atoms with E-state index in [9.17, 15) is 10.1 Å². The molecule has 0 aliphatic heterocycles. The number of nitrogens with zero attached hydrogens (tertiary/aromatic N) is 2. The number of carbonyl (C=O) groups excluding carboxylic acids is 1. The Morgan fingerprint density at radius 3 is 2.42 bits per heavy atom. The molecule has 6 nitrogen and oxygen atoms in total. The second-order valence-corrected chi connectivity index (χ2v) is 9.56. The molecule has 0 saturated carbocycles. The summed E-state index contributed by atoms with van der Waals surface area (Å²) in [5.41, 5.74) is 16.0. The van der Waals surface area contributed by atoms with Gasteiger partial charge in [0.05, 0.1) is 15.7 Å². The maximum Gasteiger partial charge on any atom is 0.267 e. The molecule has 2 aromatic heterocycles. The summed E-state index contributed by atoms with van der Waals surface area (Å²) in [5.74, 6) is 0.0256. The Kier molecular flexibility index (Phi) is 6.17. The third-order valence-electron chi connectivity index (χ3n) is 5.27. The molecule has 2 aromatic carbocycles. The minimum absolute atomic E-state index is 0.0885. The van der Waals surface area contributed by atoms with Crippen molar-refractivity contribution in [3.8, 4) is 17.2 Å². The lowest BCUT2D eigenvalue weighted by atomic mass is 9.94. The van der Waals surface area contributed by atoms with E-state index in [-0.39, 0.29) is 21.9 Å². The molecule has 0 saturated heterocycles. The van der Waals surface area contributed by atoms with Crippen molar-refractivity contribution in [3.63, 3.8) is 0 Å². The molecule has 0 spiro atoms. The fourth-order valence-electron chi connectivity index (χ4n) is 3.54. The number of carbonyl (C=O) groups is 1. The standard InChI is InChI=1S/C24H19Cl2N5OS/c1-11(2)12-3-5-13(6-4-12)18-15(10-27)22(29)31-24-19(18)20(28)21(33-24)23(32)30-14-7-8-16(25)17(26)9-14/h3-9,11H,28H2,1-2H3,(H2,29,31)(H,30,32). The molecule has 4 aromatic rings. The van der Waals surface area contributed by atoms with Crippen molar-refractivity contribution in [1.82, 2.24) is 4.98 Å². The summed E-state index contributed by atoms with van der Waals surface area (Å²) >= 11 is 13.1. The molecule has 0 aliphatic carbocycles. The van der Waals surface area contributed by atoms with Gasteiger partial charge in [0.15, 0.2) is 0 Å². The zero-order chi connectivity index (χ0) is 23.9. The number of pyridine rings is 1. The number of benzene rings is 2. The van der Waals surface area contributed by atoms with Crippen LogP contribution in [-0.2, 0) is 0 Å². The lowest BCUT2D eigenvalue weighted by Crippen LogP contribution is -2.12. The molecular weight excluding hydrogens is 477 g/mol. The lowest BCUT2D eigenvalue weighted by Gasteiger charge is -2.11. The third kappa shape index (κ3) is 4.21. The number of nitrogen functional groups attached to an aromatic ring is 2. The molecule has 2 heterocycles. The van der Waals surface area contributed by atoms with E-state index < -0.39 is 5.91 Å². The number of fused-ring (bicyclic) bond motifs is 1. The van der Waals surface area contributed by atoms with Crippen molar-refractivity contribution in [2.24, 2.45) is 0 Å². The molecule has 0 bridgehead atoms. The fourth-order valence-corrected chi connectivity index (χ4v) is 4.84. The van der Waals surface area contributed by atoms with Crippen LogP contribution in [0.25, 0.3) is 21.3 Å². The highest BCUT2D eigenvalue weighted by Gasteiger charge is 2.24. The first-order chi connectivity index (χ1) is 15.7. The van der Waals surface area contributed by atoms with Crippen LogP contribution in [0.1, 0.15) is 40.6 Å². The molecule has 166 valence electrons. The summed E-state index contributed by atoms with van der Waals surface area (Å²) in [6.45, 7) is 4.21. The number of nitrogens with one attached hydrogen (secondary N) is 1. The van der Waals surface area contributed by atoms with Gasteiger partial charge in [0.1, 0.15) is 27.2 Å².